The van der Waals surface area contributed by atoms with Crippen LogP contribution in [0.25, 0.3) is 0 Å². The van der Waals surface area contributed by atoms with Crippen LogP contribution in [-0.4, -0.2) is 34.4 Å². The molecule has 3 N–H and O–H groups in total. The summed E-state index contributed by atoms with van der Waals surface area (Å²) in [5.41, 5.74) is 1.84. The average molecular weight is 331 g/mol. The van der Waals surface area contributed by atoms with Gasteiger partial charge < -0.3 is 14.9 Å². The van der Waals surface area contributed by atoms with E-state index >= 15 is 0 Å². The van der Waals surface area contributed by atoms with Crippen LogP contribution < -0.4 is 10.2 Å². The number of rotatable bonds is 5. The predicted molar refractivity (Wildman–Crippen MR) is 84.5 cm³/mol. The Labute approximate surface area is 136 Å². The fourth-order valence-electron chi connectivity index (χ4n) is 1.86. The van der Waals surface area contributed by atoms with Gasteiger partial charge in [0.25, 0.3) is 11.6 Å². The van der Waals surface area contributed by atoms with Crippen molar-refractivity contribution >= 4 is 17.8 Å². The number of non-ortho nitro benzene ring substituents is 1. The molecule has 0 unspecified atom stereocenters. The first kappa shape index (κ1) is 16.7. The molecule has 0 spiro atoms. The lowest BCUT2D eigenvalue weighted by atomic mass is 10.1. The van der Waals surface area contributed by atoms with Crippen LogP contribution in [0.4, 0.5) is 5.69 Å². The third-order valence-electron chi connectivity index (χ3n) is 3.04. The van der Waals surface area contributed by atoms with Crippen molar-refractivity contribution in [2.24, 2.45) is 5.10 Å². The zero-order valence-electron chi connectivity index (χ0n) is 12.5. The number of ether oxygens (including phenoxy) is 1. The summed E-state index contributed by atoms with van der Waals surface area (Å²) in [7, 11) is 1.25. The first-order valence-corrected chi connectivity index (χ1v) is 6.60. The van der Waals surface area contributed by atoms with Gasteiger partial charge in [-0.15, -0.1) is 0 Å². The second-order valence-electron chi connectivity index (χ2n) is 4.56. The molecule has 0 fully saturated rings. The number of carbonyl (C=O) groups excluding carboxylic acids is 1. The number of nitro groups is 1. The summed E-state index contributed by atoms with van der Waals surface area (Å²) in [6.45, 7) is 0. The minimum atomic E-state index is -0.679. The summed E-state index contributed by atoms with van der Waals surface area (Å²) in [6.07, 6.45) is 1.03. The summed E-state index contributed by atoms with van der Waals surface area (Å²) in [5.74, 6) is -1.35. The number of para-hydroxylation sites is 1. The fourth-order valence-corrected chi connectivity index (χ4v) is 1.86. The van der Waals surface area contributed by atoms with Gasteiger partial charge in [0.1, 0.15) is 5.75 Å². The number of hydrazone groups is 1. The highest BCUT2D eigenvalue weighted by Crippen LogP contribution is 2.33. The molecule has 9 nitrogen and oxygen atoms in total. The summed E-state index contributed by atoms with van der Waals surface area (Å²) in [6, 6.07) is 8.00. The molecule has 0 saturated heterocycles. The molecule has 0 aliphatic rings. The van der Waals surface area contributed by atoms with E-state index in [4.69, 9.17) is 4.74 Å². The Morgan fingerprint density at radius 3 is 2.67 bits per heavy atom. The van der Waals surface area contributed by atoms with Crippen LogP contribution in [0.2, 0.25) is 0 Å². The molecule has 0 bridgehead atoms. The molecule has 0 atom stereocenters. The first-order chi connectivity index (χ1) is 11.4. The van der Waals surface area contributed by atoms with E-state index in [9.17, 15) is 25.1 Å². The zero-order valence-corrected chi connectivity index (χ0v) is 12.5. The van der Waals surface area contributed by atoms with Crippen molar-refractivity contribution in [1.82, 2.24) is 5.43 Å². The molecule has 2 aromatic rings. The van der Waals surface area contributed by atoms with Crippen molar-refractivity contribution in [2.45, 2.75) is 0 Å². The Morgan fingerprint density at radius 2 is 2.04 bits per heavy atom. The molecule has 0 heterocycles. The van der Waals surface area contributed by atoms with Gasteiger partial charge in [-0.05, 0) is 12.1 Å². The Hall–Kier alpha value is -3.62. The number of nitrogens with one attached hydrogen (secondary N) is 1. The SMILES string of the molecule is COc1cc([N+](=O)[O-])cc(C=NNC(=O)c2ccccc2O)c1O. The summed E-state index contributed by atoms with van der Waals surface area (Å²) >= 11 is 0. The van der Waals surface area contributed by atoms with E-state index in [1.165, 1.54) is 19.2 Å². The number of phenolic OH excluding ortho intramolecular Hbond substituents is 2. The van der Waals surface area contributed by atoms with E-state index in [-0.39, 0.29) is 34.1 Å². The Bertz CT molecular complexity index is 819. The molecule has 0 aliphatic heterocycles. The van der Waals surface area contributed by atoms with Crippen molar-refractivity contribution in [3.63, 3.8) is 0 Å². The van der Waals surface area contributed by atoms with Crippen molar-refractivity contribution in [1.29, 1.82) is 0 Å². The van der Waals surface area contributed by atoms with Crippen LogP contribution in [-0.2, 0) is 0 Å². The van der Waals surface area contributed by atoms with Gasteiger partial charge in [0, 0.05) is 11.6 Å². The van der Waals surface area contributed by atoms with Crippen molar-refractivity contribution in [2.75, 3.05) is 7.11 Å². The van der Waals surface area contributed by atoms with Gasteiger partial charge in [-0.3, -0.25) is 14.9 Å². The predicted octanol–water partition coefficient (Wildman–Crippen LogP) is 1.78. The molecule has 9 heteroatoms. The molecule has 2 aromatic carbocycles. The highest BCUT2D eigenvalue weighted by molar-refractivity contribution is 5.97. The number of aromatic hydroxyl groups is 2. The van der Waals surface area contributed by atoms with Gasteiger partial charge in [0.15, 0.2) is 11.5 Å². The molecule has 124 valence electrons. The second kappa shape index (κ2) is 7.09. The van der Waals surface area contributed by atoms with Crippen LogP contribution >= 0.6 is 0 Å². The Balaban J connectivity index is 2.23. The number of hydrogen-bond acceptors (Lipinski definition) is 7. The first-order valence-electron chi connectivity index (χ1n) is 6.60. The minimum Gasteiger partial charge on any atom is -0.507 e. The van der Waals surface area contributed by atoms with Crippen LogP contribution in [0.15, 0.2) is 41.5 Å². The van der Waals surface area contributed by atoms with Crippen LogP contribution in [0.1, 0.15) is 15.9 Å². The smallest absolute Gasteiger partial charge is 0.275 e. The maximum absolute atomic E-state index is 11.9. The molecule has 0 saturated carbocycles. The Kier molecular flexibility index (Phi) is 4.95. The molecule has 0 radical (unpaired) electrons. The molecular weight excluding hydrogens is 318 g/mol. The van der Waals surface area contributed by atoms with Gasteiger partial charge in [-0.25, -0.2) is 5.43 Å². The van der Waals surface area contributed by atoms with Gasteiger partial charge in [-0.1, -0.05) is 12.1 Å². The van der Waals surface area contributed by atoms with E-state index in [0.717, 1.165) is 18.3 Å². The monoisotopic (exact) mass is 331 g/mol. The maximum atomic E-state index is 11.9. The van der Waals surface area contributed by atoms with Crippen molar-refractivity contribution in [3.05, 3.63) is 57.6 Å². The lowest BCUT2D eigenvalue weighted by molar-refractivity contribution is -0.385. The summed E-state index contributed by atoms with van der Waals surface area (Å²) in [5, 5.41) is 34.0. The number of benzene rings is 2. The number of amides is 1. The number of phenols is 2. The van der Waals surface area contributed by atoms with Crippen LogP contribution in [0.5, 0.6) is 17.2 Å². The summed E-state index contributed by atoms with van der Waals surface area (Å²) in [4.78, 5) is 22.1. The van der Waals surface area contributed by atoms with Crippen molar-refractivity contribution in [3.8, 4) is 17.2 Å². The minimum absolute atomic E-state index is 0.00972. The quantitative estimate of drug-likeness (QED) is 0.434. The number of hydrogen-bond donors (Lipinski definition) is 3. The molecule has 24 heavy (non-hydrogen) atoms. The number of nitro benzene ring substituents is 1. The third-order valence-corrected chi connectivity index (χ3v) is 3.04. The third kappa shape index (κ3) is 3.58. The standard InChI is InChI=1S/C15H13N3O6/c1-24-13-7-10(18(22)23)6-9(14(13)20)8-16-17-15(21)11-4-2-3-5-12(11)19/h2-8,19-20H,1H3,(H,17,21). The van der Waals surface area contributed by atoms with E-state index < -0.39 is 10.8 Å². The average Bonchev–Trinajstić information content (AvgIpc) is 2.56. The van der Waals surface area contributed by atoms with E-state index in [0.29, 0.717) is 0 Å². The lowest BCUT2D eigenvalue weighted by Gasteiger charge is -2.06. The Morgan fingerprint density at radius 1 is 1.33 bits per heavy atom. The van der Waals surface area contributed by atoms with Gasteiger partial charge >= 0.3 is 0 Å². The maximum Gasteiger partial charge on any atom is 0.275 e. The highest BCUT2D eigenvalue weighted by Gasteiger charge is 2.16. The van der Waals surface area contributed by atoms with E-state index in [1.54, 1.807) is 12.1 Å². The van der Waals surface area contributed by atoms with E-state index in [2.05, 4.69) is 10.5 Å². The molecular formula is C15H13N3O6. The van der Waals surface area contributed by atoms with Gasteiger partial charge in [0.2, 0.25) is 0 Å². The number of carbonyl (C=O) groups is 1. The highest BCUT2D eigenvalue weighted by atomic mass is 16.6. The van der Waals surface area contributed by atoms with E-state index in [1.807, 2.05) is 0 Å². The normalized spacial score (nSPS) is 10.5. The largest absolute Gasteiger partial charge is 0.507 e. The van der Waals surface area contributed by atoms with Crippen LogP contribution in [0, 0.1) is 10.1 Å². The van der Waals surface area contributed by atoms with Crippen molar-refractivity contribution < 1.29 is 24.7 Å². The summed E-state index contributed by atoms with van der Waals surface area (Å²) < 4.78 is 4.85. The molecule has 0 aliphatic carbocycles. The fraction of sp³-hybridized carbons (Fsp3) is 0.0667. The number of methoxy groups -OCH3 is 1. The topological polar surface area (TPSA) is 134 Å². The lowest BCUT2D eigenvalue weighted by Crippen LogP contribution is -2.17. The van der Waals surface area contributed by atoms with Gasteiger partial charge in [0.05, 0.1) is 29.9 Å². The second-order valence-corrected chi connectivity index (χ2v) is 4.56. The van der Waals surface area contributed by atoms with Crippen LogP contribution in [0.3, 0.4) is 0 Å². The zero-order chi connectivity index (χ0) is 17.7. The molecule has 2 rings (SSSR count). The number of nitrogens with zero attached hydrogens (tertiary/aromatic N) is 2. The van der Waals surface area contributed by atoms with Gasteiger partial charge in [-0.2, -0.15) is 5.10 Å². The molecule has 1 amide bonds. The molecule has 0 aromatic heterocycles.